The lowest BCUT2D eigenvalue weighted by Gasteiger charge is -2.31. The summed E-state index contributed by atoms with van der Waals surface area (Å²) < 4.78 is 5.46. The summed E-state index contributed by atoms with van der Waals surface area (Å²) in [6.07, 6.45) is 0. The zero-order chi connectivity index (χ0) is 20.9. The van der Waals surface area contributed by atoms with E-state index in [9.17, 15) is 4.79 Å². The summed E-state index contributed by atoms with van der Waals surface area (Å²) in [7, 11) is 0. The minimum Gasteiger partial charge on any atom is -0.494 e. The molecule has 0 saturated carbocycles. The number of thioether (sulfide) groups is 1. The molecule has 1 aliphatic rings. The Bertz CT molecular complexity index is 1020. The third-order valence-electron chi connectivity index (χ3n) is 5.10. The van der Waals surface area contributed by atoms with Gasteiger partial charge in [-0.3, -0.25) is 4.79 Å². The summed E-state index contributed by atoms with van der Waals surface area (Å²) in [5.41, 5.74) is 5.10. The molecule has 5 heteroatoms. The minimum absolute atomic E-state index is 0.104. The molecular weight excluding hydrogens is 392 g/mol. The van der Waals surface area contributed by atoms with Crippen LogP contribution in [0.1, 0.15) is 28.4 Å². The van der Waals surface area contributed by atoms with E-state index in [1.807, 2.05) is 55.1 Å². The van der Waals surface area contributed by atoms with Crippen molar-refractivity contribution in [3.05, 3.63) is 83.4 Å². The Kier molecular flexibility index (Phi) is 6.29. The SMILES string of the molecule is CCOc1ccc(NC(=O)c2ccc3c(c2)N(Cc2ccc(C)cc2)CCS3)cc1. The van der Waals surface area contributed by atoms with Crippen LogP contribution in [0.2, 0.25) is 0 Å². The van der Waals surface area contributed by atoms with Crippen LogP contribution in [0.3, 0.4) is 0 Å². The lowest BCUT2D eigenvalue weighted by molar-refractivity contribution is 0.102. The van der Waals surface area contributed by atoms with E-state index in [0.29, 0.717) is 12.2 Å². The first kappa shape index (κ1) is 20.4. The molecule has 0 spiro atoms. The average Bonchev–Trinajstić information content (AvgIpc) is 2.77. The van der Waals surface area contributed by atoms with Gasteiger partial charge in [0.15, 0.2) is 0 Å². The molecule has 0 fully saturated rings. The van der Waals surface area contributed by atoms with E-state index in [0.717, 1.165) is 36.0 Å². The number of rotatable bonds is 6. The third kappa shape index (κ3) is 4.79. The Morgan fingerprint density at radius 2 is 1.83 bits per heavy atom. The van der Waals surface area contributed by atoms with Crippen molar-refractivity contribution in [1.82, 2.24) is 0 Å². The summed E-state index contributed by atoms with van der Waals surface area (Å²) in [5, 5.41) is 2.99. The average molecular weight is 419 g/mol. The Morgan fingerprint density at radius 1 is 1.07 bits per heavy atom. The van der Waals surface area contributed by atoms with Gasteiger partial charge in [0.1, 0.15) is 5.75 Å². The maximum Gasteiger partial charge on any atom is 0.255 e. The van der Waals surface area contributed by atoms with Gasteiger partial charge in [-0.25, -0.2) is 0 Å². The number of aryl methyl sites for hydroxylation is 1. The highest BCUT2D eigenvalue weighted by molar-refractivity contribution is 7.99. The van der Waals surface area contributed by atoms with E-state index in [1.165, 1.54) is 16.0 Å². The second-order valence-corrected chi connectivity index (χ2v) is 8.49. The van der Waals surface area contributed by atoms with E-state index in [-0.39, 0.29) is 5.91 Å². The van der Waals surface area contributed by atoms with Gasteiger partial charge in [0.25, 0.3) is 5.91 Å². The van der Waals surface area contributed by atoms with Gasteiger partial charge in [-0.1, -0.05) is 29.8 Å². The highest BCUT2D eigenvalue weighted by atomic mass is 32.2. The van der Waals surface area contributed by atoms with E-state index in [4.69, 9.17) is 4.74 Å². The van der Waals surface area contributed by atoms with Crippen LogP contribution in [0.5, 0.6) is 5.75 Å². The molecule has 1 N–H and O–H groups in total. The first-order chi connectivity index (χ1) is 14.6. The fourth-order valence-corrected chi connectivity index (χ4v) is 4.53. The van der Waals surface area contributed by atoms with Crippen LogP contribution < -0.4 is 15.0 Å². The Labute approximate surface area is 182 Å². The van der Waals surface area contributed by atoms with Crippen molar-refractivity contribution in [1.29, 1.82) is 0 Å². The fraction of sp³-hybridized carbons (Fsp3) is 0.240. The number of nitrogens with zero attached hydrogens (tertiary/aromatic N) is 1. The van der Waals surface area contributed by atoms with E-state index >= 15 is 0 Å². The largest absolute Gasteiger partial charge is 0.494 e. The molecule has 0 bridgehead atoms. The third-order valence-corrected chi connectivity index (χ3v) is 6.14. The smallest absolute Gasteiger partial charge is 0.255 e. The molecule has 0 saturated heterocycles. The van der Waals surface area contributed by atoms with Crippen LogP contribution >= 0.6 is 11.8 Å². The fourth-order valence-electron chi connectivity index (χ4n) is 3.50. The molecule has 1 heterocycles. The first-order valence-corrected chi connectivity index (χ1v) is 11.2. The standard InChI is InChI=1S/C25H26N2O2S/c1-3-29-22-11-9-21(10-12-22)26-25(28)20-8-13-24-23(16-20)27(14-15-30-24)17-19-6-4-18(2)5-7-19/h4-13,16H,3,14-15,17H2,1-2H3,(H,26,28). The van der Waals surface area contributed by atoms with Crippen molar-refractivity contribution >= 4 is 29.0 Å². The van der Waals surface area contributed by atoms with Crippen LogP contribution in [-0.4, -0.2) is 24.8 Å². The number of amides is 1. The van der Waals surface area contributed by atoms with Crippen molar-refractivity contribution in [3.8, 4) is 5.75 Å². The first-order valence-electron chi connectivity index (χ1n) is 10.2. The molecule has 4 nitrogen and oxygen atoms in total. The molecule has 154 valence electrons. The van der Waals surface area contributed by atoms with Gasteiger partial charge >= 0.3 is 0 Å². The van der Waals surface area contributed by atoms with Crippen LogP contribution in [0, 0.1) is 6.92 Å². The Hall–Kier alpha value is -2.92. The molecule has 0 aliphatic carbocycles. The Balaban J connectivity index is 1.51. The number of hydrogen-bond acceptors (Lipinski definition) is 4. The molecular formula is C25H26N2O2S. The lowest BCUT2D eigenvalue weighted by Crippen LogP contribution is -2.29. The van der Waals surface area contributed by atoms with Crippen LogP contribution in [0.25, 0.3) is 0 Å². The van der Waals surface area contributed by atoms with Gasteiger partial charge in [-0.2, -0.15) is 0 Å². The molecule has 30 heavy (non-hydrogen) atoms. The monoisotopic (exact) mass is 418 g/mol. The topological polar surface area (TPSA) is 41.6 Å². The van der Waals surface area contributed by atoms with Gasteiger partial charge in [0.05, 0.1) is 12.3 Å². The van der Waals surface area contributed by atoms with Crippen LogP contribution in [0.4, 0.5) is 11.4 Å². The maximum absolute atomic E-state index is 12.8. The van der Waals surface area contributed by atoms with Crippen LogP contribution in [-0.2, 0) is 6.54 Å². The van der Waals surface area contributed by atoms with Gasteiger partial charge in [0.2, 0.25) is 0 Å². The van der Waals surface area contributed by atoms with E-state index in [2.05, 4.69) is 47.5 Å². The maximum atomic E-state index is 12.8. The number of benzene rings is 3. The number of carbonyl (C=O) groups excluding carboxylic acids is 1. The Morgan fingerprint density at radius 3 is 2.57 bits per heavy atom. The van der Waals surface area contributed by atoms with Gasteiger partial charge in [0, 0.05) is 35.0 Å². The second kappa shape index (κ2) is 9.26. The van der Waals surface area contributed by atoms with Crippen molar-refractivity contribution in [2.24, 2.45) is 0 Å². The van der Waals surface area contributed by atoms with Crippen molar-refractivity contribution < 1.29 is 9.53 Å². The molecule has 1 amide bonds. The molecule has 4 rings (SSSR count). The zero-order valence-corrected chi connectivity index (χ0v) is 18.2. The highest BCUT2D eigenvalue weighted by Gasteiger charge is 2.20. The predicted octanol–water partition coefficient (Wildman–Crippen LogP) is 5.76. The molecule has 0 atom stereocenters. The molecule has 3 aromatic rings. The molecule has 0 radical (unpaired) electrons. The lowest BCUT2D eigenvalue weighted by atomic mass is 10.1. The summed E-state index contributed by atoms with van der Waals surface area (Å²) in [5.74, 6) is 1.75. The summed E-state index contributed by atoms with van der Waals surface area (Å²) in [6.45, 7) is 6.49. The van der Waals surface area contributed by atoms with Gasteiger partial charge in [-0.05, 0) is 61.9 Å². The van der Waals surface area contributed by atoms with Crippen molar-refractivity contribution in [3.63, 3.8) is 0 Å². The number of nitrogens with one attached hydrogen (secondary N) is 1. The quantitative estimate of drug-likeness (QED) is 0.553. The normalized spacial score (nSPS) is 12.9. The van der Waals surface area contributed by atoms with Gasteiger partial charge in [-0.15, -0.1) is 11.8 Å². The van der Waals surface area contributed by atoms with Crippen molar-refractivity contribution in [2.75, 3.05) is 29.1 Å². The second-order valence-electron chi connectivity index (χ2n) is 7.35. The molecule has 3 aromatic carbocycles. The molecule has 0 unspecified atom stereocenters. The number of fused-ring (bicyclic) bond motifs is 1. The summed E-state index contributed by atoms with van der Waals surface area (Å²) in [4.78, 5) is 16.4. The minimum atomic E-state index is -0.104. The number of anilines is 2. The van der Waals surface area contributed by atoms with Crippen molar-refractivity contribution in [2.45, 2.75) is 25.3 Å². The van der Waals surface area contributed by atoms with Crippen LogP contribution in [0.15, 0.2) is 71.6 Å². The highest BCUT2D eigenvalue weighted by Crippen LogP contribution is 2.36. The predicted molar refractivity (Wildman–Crippen MR) is 125 cm³/mol. The molecule has 1 aliphatic heterocycles. The van der Waals surface area contributed by atoms with E-state index < -0.39 is 0 Å². The number of carbonyl (C=O) groups is 1. The zero-order valence-electron chi connectivity index (χ0n) is 17.4. The summed E-state index contributed by atoms with van der Waals surface area (Å²) in [6, 6.07) is 22.1. The molecule has 0 aromatic heterocycles. The number of ether oxygens (including phenoxy) is 1. The summed E-state index contributed by atoms with van der Waals surface area (Å²) >= 11 is 1.85. The number of hydrogen-bond donors (Lipinski definition) is 1. The van der Waals surface area contributed by atoms with E-state index in [1.54, 1.807) is 0 Å². The van der Waals surface area contributed by atoms with Gasteiger partial charge < -0.3 is 15.0 Å².